The van der Waals surface area contributed by atoms with Gasteiger partial charge in [-0.05, 0) is 6.07 Å². The fourth-order valence-electron chi connectivity index (χ4n) is 1.23. The van der Waals surface area contributed by atoms with Gasteiger partial charge in [0.25, 0.3) is 0 Å². The van der Waals surface area contributed by atoms with Gasteiger partial charge < -0.3 is 15.6 Å². The van der Waals surface area contributed by atoms with Gasteiger partial charge in [0.1, 0.15) is 0 Å². The molecular formula is C10H11F2NO3. The molecule has 0 heterocycles. The summed E-state index contributed by atoms with van der Waals surface area (Å²) in [6, 6.07) is 1.02. The van der Waals surface area contributed by atoms with Crippen LogP contribution in [0.15, 0.2) is 12.1 Å². The maximum atomic E-state index is 13.0. The van der Waals surface area contributed by atoms with Crippen molar-refractivity contribution in [2.45, 2.75) is 12.5 Å². The maximum Gasteiger partial charge on any atom is 0.307 e. The number of carbonyl (C=O) groups is 1. The summed E-state index contributed by atoms with van der Waals surface area (Å²) in [5, 5.41) is 9.29. The van der Waals surface area contributed by atoms with Crippen LogP contribution in [0.2, 0.25) is 0 Å². The number of methoxy groups -OCH3 is 1. The van der Waals surface area contributed by atoms with Crippen molar-refractivity contribution in [2.24, 2.45) is 5.73 Å². The van der Waals surface area contributed by atoms with Crippen molar-refractivity contribution in [3.05, 3.63) is 29.3 Å². The van der Waals surface area contributed by atoms with Gasteiger partial charge in [0.15, 0.2) is 11.6 Å². The number of benzene rings is 1. The number of esters is 1. The number of aromatic hydroxyl groups is 1. The van der Waals surface area contributed by atoms with E-state index in [9.17, 15) is 18.7 Å². The predicted octanol–water partition coefficient (Wildman–Crippen LogP) is 1.23. The first-order valence-electron chi connectivity index (χ1n) is 4.46. The van der Waals surface area contributed by atoms with E-state index >= 15 is 0 Å². The Morgan fingerprint density at radius 3 is 2.75 bits per heavy atom. The molecule has 16 heavy (non-hydrogen) atoms. The molecule has 1 atom stereocenters. The first kappa shape index (κ1) is 12.4. The molecule has 0 saturated carbocycles. The van der Waals surface area contributed by atoms with E-state index in [1.165, 1.54) is 7.11 Å². The second-order valence-electron chi connectivity index (χ2n) is 3.19. The van der Waals surface area contributed by atoms with E-state index in [-0.39, 0.29) is 12.0 Å². The van der Waals surface area contributed by atoms with Crippen LogP contribution in [0, 0.1) is 11.6 Å². The van der Waals surface area contributed by atoms with Gasteiger partial charge in [-0.15, -0.1) is 0 Å². The molecule has 0 aromatic heterocycles. The van der Waals surface area contributed by atoms with Crippen LogP contribution in [0.4, 0.5) is 8.78 Å². The minimum atomic E-state index is -1.38. The highest BCUT2D eigenvalue weighted by Crippen LogP contribution is 2.29. The second kappa shape index (κ2) is 4.89. The lowest BCUT2D eigenvalue weighted by atomic mass is 10.0. The molecule has 0 saturated heterocycles. The maximum absolute atomic E-state index is 13.0. The molecule has 0 spiro atoms. The molecule has 0 amide bonds. The summed E-state index contributed by atoms with van der Waals surface area (Å²) in [6.07, 6.45) is -0.227. The van der Waals surface area contributed by atoms with Crippen molar-refractivity contribution >= 4 is 5.97 Å². The van der Waals surface area contributed by atoms with Crippen molar-refractivity contribution in [1.29, 1.82) is 0 Å². The van der Waals surface area contributed by atoms with Gasteiger partial charge in [-0.2, -0.15) is 4.39 Å². The van der Waals surface area contributed by atoms with Crippen molar-refractivity contribution in [3.63, 3.8) is 0 Å². The topological polar surface area (TPSA) is 72.5 Å². The quantitative estimate of drug-likeness (QED) is 0.767. The van der Waals surface area contributed by atoms with Gasteiger partial charge in [-0.1, -0.05) is 6.07 Å². The zero-order valence-electron chi connectivity index (χ0n) is 8.54. The average Bonchev–Trinajstić information content (AvgIpc) is 2.25. The van der Waals surface area contributed by atoms with Crippen LogP contribution < -0.4 is 5.73 Å². The van der Waals surface area contributed by atoms with Gasteiger partial charge in [0.05, 0.1) is 13.5 Å². The first-order valence-corrected chi connectivity index (χ1v) is 4.46. The molecule has 3 N–H and O–H groups in total. The monoisotopic (exact) mass is 231 g/mol. The third kappa shape index (κ3) is 2.46. The number of carbonyl (C=O) groups excluding carboxylic acids is 1. The fourth-order valence-corrected chi connectivity index (χ4v) is 1.23. The number of nitrogens with two attached hydrogens (primary N) is 1. The highest BCUT2D eigenvalue weighted by atomic mass is 19.2. The molecule has 0 bridgehead atoms. The van der Waals surface area contributed by atoms with E-state index in [1.54, 1.807) is 0 Å². The molecule has 0 aliphatic carbocycles. The molecule has 1 aromatic carbocycles. The van der Waals surface area contributed by atoms with Crippen LogP contribution in [0.3, 0.4) is 0 Å². The lowest BCUT2D eigenvalue weighted by molar-refractivity contribution is -0.141. The number of hydrogen-bond donors (Lipinski definition) is 2. The van der Waals surface area contributed by atoms with Crippen LogP contribution in [0.25, 0.3) is 0 Å². The van der Waals surface area contributed by atoms with E-state index in [1.807, 2.05) is 0 Å². The lowest BCUT2D eigenvalue weighted by Gasteiger charge is -2.12. The molecule has 0 radical (unpaired) electrons. The number of phenolic OH excluding ortho intramolecular Hbond substituents is 1. The van der Waals surface area contributed by atoms with Crippen LogP contribution in [-0.4, -0.2) is 18.2 Å². The van der Waals surface area contributed by atoms with Crippen LogP contribution in [0.5, 0.6) is 5.75 Å². The van der Waals surface area contributed by atoms with E-state index in [2.05, 4.69) is 4.74 Å². The largest absolute Gasteiger partial charge is 0.505 e. The first-order chi connectivity index (χ1) is 7.47. The molecule has 88 valence electrons. The normalized spacial score (nSPS) is 12.2. The number of halogens is 2. The zero-order chi connectivity index (χ0) is 12.3. The Morgan fingerprint density at radius 1 is 1.56 bits per heavy atom. The molecule has 0 unspecified atom stereocenters. The average molecular weight is 231 g/mol. The molecular weight excluding hydrogens is 220 g/mol. The molecule has 6 heteroatoms. The molecule has 1 rings (SSSR count). The lowest BCUT2D eigenvalue weighted by Crippen LogP contribution is -2.16. The molecule has 0 aliphatic heterocycles. The Labute approximate surface area is 90.6 Å². The van der Waals surface area contributed by atoms with Crippen LogP contribution in [0.1, 0.15) is 18.0 Å². The van der Waals surface area contributed by atoms with Crippen LogP contribution >= 0.6 is 0 Å². The highest BCUT2D eigenvalue weighted by molar-refractivity contribution is 5.70. The standard InChI is InChI=1S/C10H11F2NO3/c1-16-8(14)4-7(13)5-2-3-6(11)9(12)10(5)15/h2-3,7,15H,4,13H2,1H3/t7-/m1/s1. The summed E-state index contributed by atoms with van der Waals surface area (Å²) >= 11 is 0. The molecule has 1 aromatic rings. The van der Waals surface area contributed by atoms with Crippen molar-refractivity contribution in [3.8, 4) is 5.75 Å². The summed E-state index contributed by atoms with van der Waals surface area (Å²) in [4.78, 5) is 10.9. The number of hydrogen-bond acceptors (Lipinski definition) is 4. The van der Waals surface area contributed by atoms with Gasteiger partial charge >= 0.3 is 5.97 Å². The van der Waals surface area contributed by atoms with Crippen molar-refractivity contribution in [2.75, 3.05) is 7.11 Å². The smallest absolute Gasteiger partial charge is 0.307 e. The Kier molecular flexibility index (Phi) is 3.78. The zero-order valence-corrected chi connectivity index (χ0v) is 8.54. The minimum Gasteiger partial charge on any atom is -0.505 e. The van der Waals surface area contributed by atoms with Crippen LogP contribution in [-0.2, 0) is 9.53 Å². The van der Waals surface area contributed by atoms with E-state index < -0.39 is 29.4 Å². The Bertz CT molecular complexity index is 409. The summed E-state index contributed by atoms with van der Waals surface area (Å²) in [7, 11) is 1.18. The Balaban J connectivity index is 2.96. The summed E-state index contributed by atoms with van der Waals surface area (Å²) in [5.41, 5.74) is 5.50. The summed E-state index contributed by atoms with van der Waals surface area (Å²) < 4.78 is 30.0. The van der Waals surface area contributed by atoms with E-state index in [0.717, 1.165) is 12.1 Å². The Hall–Kier alpha value is -1.69. The predicted molar refractivity (Wildman–Crippen MR) is 51.6 cm³/mol. The van der Waals surface area contributed by atoms with E-state index in [0.29, 0.717) is 0 Å². The molecule has 0 aliphatic rings. The minimum absolute atomic E-state index is 0.0377. The summed E-state index contributed by atoms with van der Waals surface area (Å²) in [6.45, 7) is 0. The van der Waals surface area contributed by atoms with E-state index in [4.69, 9.17) is 5.73 Å². The SMILES string of the molecule is COC(=O)C[C@@H](N)c1ccc(F)c(F)c1O. The second-order valence-corrected chi connectivity index (χ2v) is 3.19. The number of ether oxygens (including phenoxy) is 1. The number of rotatable bonds is 3. The summed E-state index contributed by atoms with van der Waals surface area (Å²) in [5.74, 6) is -4.03. The van der Waals surface area contributed by atoms with Crippen molar-refractivity contribution < 1.29 is 23.4 Å². The van der Waals surface area contributed by atoms with Gasteiger partial charge in [0.2, 0.25) is 5.82 Å². The third-order valence-corrected chi connectivity index (χ3v) is 2.11. The number of phenols is 1. The van der Waals surface area contributed by atoms with Gasteiger partial charge in [-0.3, -0.25) is 4.79 Å². The fraction of sp³-hybridized carbons (Fsp3) is 0.300. The Morgan fingerprint density at radius 2 is 2.19 bits per heavy atom. The van der Waals surface area contributed by atoms with Crippen molar-refractivity contribution in [1.82, 2.24) is 0 Å². The van der Waals surface area contributed by atoms with Gasteiger partial charge in [0, 0.05) is 11.6 Å². The molecule has 0 fully saturated rings. The highest BCUT2D eigenvalue weighted by Gasteiger charge is 2.19. The van der Waals surface area contributed by atoms with Gasteiger partial charge in [-0.25, -0.2) is 4.39 Å². The molecule has 4 nitrogen and oxygen atoms in total. The third-order valence-electron chi connectivity index (χ3n) is 2.11.